The summed E-state index contributed by atoms with van der Waals surface area (Å²) in [4.78, 5) is 6.46. The molecule has 2 N–H and O–H groups in total. The first-order valence-electron chi connectivity index (χ1n) is 9.71. The zero-order valence-corrected chi connectivity index (χ0v) is 18.5. The summed E-state index contributed by atoms with van der Waals surface area (Å²) in [5, 5.41) is 8.27. The standard InChI is InChI=1S/C22H24F2N4S2/c1-15-18(27-22(2)11-28(12-22)9-16-6-4-3-5-7-16)8-17(23)21(20(15)24)30-14-26-19-10-29-13-25-19/h3-8,10,13,26-27H,9,11-12,14H2,1-2H3. The average Bonchev–Trinajstić information content (AvgIpc) is 3.22. The van der Waals surface area contributed by atoms with Crippen molar-refractivity contribution in [3.05, 3.63) is 70.1 Å². The molecule has 0 atom stereocenters. The summed E-state index contributed by atoms with van der Waals surface area (Å²) in [6, 6.07) is 11.7. The number of benzene rings is 2. The van der Waals surface area contributed by atoms with Crippen molar-refractivity contribution in [2.75, 3.05) is 29.6 Å². The lowest BCUT2D eigenvalue weighted by molar-refractivity contribution is 0.0905. The van der Waals surface area contributed by atoms with Gasteiger partial charge in [0.15, 0.2) is 0 Å². The first-order valence-corrected chi connectivity index (χ1v) is 11.6. The molecule has 1 saturated heterocycles. The summed E-state index contributed by atoms with van der Waals surface area (Å²) in [6.07, 6.45) is 0. The van der Waals surface area contributed by atoms with Crippen molar-refractivity contribution in [3.8, 4) is 0 Å². The highest BCUT2D eigenvalue weighted by molar-refractivity contribution is 7.99. The molecule has 30 heavy (non-hydrogen) atoms. The van der Waals surface area contributed by atoms with E-state index in [1.807, 2.05) is 23.6 Å². The number of likely N-dealkylation sites (tertiary alicyclic amines) is 1. The van der Waals surface area contributed by atoms with Gasteiger partial charge < -0.3 is 10.6 Å². The fourth-order valence-electron chi connectivity index (χ4n) is 3.74. The van der Waals surface area contributed by atoms with Crippen LogP contribution < -0.4 is 10.6 Å². The maximum absolute atomic E-state index is 14.9. The number of thiazole rings is 1. The highest BCUT2D eigenvalue weighted by Crippen LogP contribution is 2.35. The molecule has 1 aliphatic heterocycles. The second kappa shape index (κ2) is 8.91. The van der Waals surface area contributed by atoms with Crippen molar-refractivity contribution < 1.29 is 8.78 Å². The summed E-state index contributed by atoms with van der Waals surface area (Å²) in [6.45, 7) is 6.29. The number of halogens is 2. The van der Waals surface area contributed by atoms with Gasteiger partial charge in [-0.1, -0.05) is 42.1 Å². The Labute approximate surface area is 183 Å². The monoisotopic (exact) mass is 446 g/mol. The van der Waals surface area contributed by atoms with E-state index in [-0.39, 0.29) is 10.4 Å². The van der Waals surface area contributed by atoms with Crippen LogP contribution in [0.3, 0.4) is 0 Å². The average molecular weight is 447 g/mol. The summed E-state index contributed by atoms with van der Waals surface area (Å²) >= 11 is 2.57. The predicted molar refractivity (Wildman–Crippen MR) is 121 cm³/mol. The van der Waals surface area contributed by atoms with Crippen molar-refractivity contribution in [2.24, 2.45) is 0 Å². The number of thioether (sulfide) groups is 1. The Morgan fingerprint density at radius 2 is 2.00 bits per heavy atom. The van der Waals surface area contributed by atoms with Crippen LogP contribution in [0.1, 0.15) is 18.1 Å². The third-order valence-corrected chi connectivity index (χ3v) is 6.69. The summed E-state index contributed by atoms with van der Waals surface area (Å²) in [7, 11) is 0. The number of nitrogens with one attached hydrogen (secondary N) is 2. The van der Waals surface area contributed by atoms with Gasteiger partial charge in [0.25, 0.3) is 0 Å². The van der Waals surface area contributed by atoms with Crippen LogP contribution in [0.25, 0.3) is 0 Å². The topological polar surface area (TPSA) is 40.2 Å². The van der Waals surface area contributed by atoms with Crippen LogP contribution in [-0.2, 0) is 6.54 Å². The van der Waals surface area contributed by atoms with Crippen LogP contribution in [0.2, 0.25) is 0 Å². The van der Waals surface area contributed by atoms with E-state index < -0.39 is 11.6 Å². The number of hydrogen-bond acceptors (Lipinski definition) is 6. The highest BCUT2D eigenvalue weighted by Gasteiger charge is 2.39. The van der Waals surface area contributed by atoms with Crippen LogP contribution >= 0.6 is 23.1 Å². The van der Waals surface area contributed by atoms with Gasteiger partial charge in [0.2, 0.25) is 0 Å². The van der Waals surface area contributed by atoms with Gasteiger partial charge in [-0.05, 0) is 25.5 Å². The molecule has 1 fully saturated rings. The molecule has 3 aromatic rings. The van der Waals surface area contributed by atoms with E-state index in [0.29, 0.717) is 22.9 Å². The minimum absolute atomic E-state index is 0.0326. The predicted octanol–water partition coefficient (Wildman–Crippen LogP) is 5.58. The zero-order valence-electron chi connectivity index (χ0n) is 16.9. The first-order chi connectivity index (χ1) is 14.4. The number of rotatable bonds is 8. The van der Waals surface area contributed by atoms with Crippen molar-refractivity contribution in [1.82, 2.24) is 9.88 Å². The Balaban J connectivity index is 1.37. The maximum atomic E-state index is 14.9. The minimum atomic E-state index is -0.547. The van der Waals surface area contributed by atoms with E-state index in [9.17, 15) is 8.78 Å². The van der Waals surface area contributed by atoms with E-state index in [1.54, 1.807) is 12.4 Å². The van der Waals surface area contributed by atoms with Crippen LogP contribution in [0.5, 0.6) is 0 Å². The fourth-order valence-corrected chi connectivity index (χ4v) is 5.09. The lowest BCUT2D eigenvalue weighted by atomic mass is 9.90. The SMILES string of the molecule is Cc1c(NC2(C)CN(Cc3ccccc3)C2)cc(F)c(SCNc2cscn2)c1F. The van der Waals surface area contributed by atoms with Gasteiger partial charge in [0.05, 0.1) is 21.8 Å². The normalized spacial score (nSPS) is 15.6. The molecule has 0 radical (unpaired) electrons. The van der Waals surface area contributed by atoms with Crippen molar-refractivity contribution >= 4 is 34.6 Å². The van der Waals surface area contributed by atoms with Crippen molar-refractivity contribution in [2.45, 2.75) is 30.8 Å². The van der Waals surface area contributed by atoms with Crippen molar-refractivity contribution in [1.29, 1.82) is 0 Å². The van der Waals surface area contributed by atoms with Crippen molar-refractivity contribution in [3.63, 3.8) is 0 Å². The third kappa shape index (κ3) is 4.77. The van der Waals surface area contributed by atoms with Gasteiger partial charge in [0.1, 0.15) is 17.5 Å². The van der Waals surface area contributed by atoms with E-state index in [2.05, 4.69) is 39.6 Å². The largest absolute Gasteiger partial charge is 0.377 e. The molecular formula is C22H24F2N4S2. The van der Waals surface area contributed by atoms with Crippen LogP contribution in [0.4, 0.5) is 20.3 Å². The summed E-state index contributed by atoms with van der Waals surface area (Å²) in [5.74, 6) is -0.00154. The van der Waals surface area contributed by atoms with Crippen LogP contribution in [0, 0.1) is 18.6 Å². The molecular weight excluding hydrogens is 422 g/mol. The molecule has 2 heterocycles. The van der Waals surface area contributed by atoms with E-state index >= 15 is 0 Å². The fraction of sp³-hybridized carbons (Fsp3) is 0.318. The van der Waals surface area contributed by atoms with Gasteiger partial charge in [-0.15, -0.1) is 11.3 Å². The summed E-state index contributed by atoms with van der Waals surface area (Å²) in [5.41, 5.74) is 3.72. The van der Waals surface area contributed by atoms with Gasteiger partial charge in [-0.2, -0.15) is 0 Å². The zero-order chi connectivity index (χ0) is 21.1. The molecule has 0 bridgehead atoms. The van der Waals surface area contributed by atoms with Crippen LogP contribution in [0.15, 0.2) is 52.2 Å². The van der Waals surface area contributed by atoms with Gasteiger partial charge >= 0.3 is 0 Å². The number of hydrogen-bond donors (Lipinski definition) is 2. The second-order valence-corrected chi connectivity index (χ2v) is 9.53. The quantitative estimate of drug-likeness (QED) is 0.349. The molecule has 2 aromatic carbocycles. The molecule has 0 unspecified atom stereocenters. The Kier molecular flexibility index (Phi) is 6.26. The number of aromatic nitrogens is 1. The number of nitrogens with zero attached hydrogens (tertiary/aromatic N) is 2. The Bertz CT molecular complexity index is 990. The van der Waals surface area contributed by atoms with Crippen LogP contribution in [-0.4, -0.2) is 34.4 Å². The van der Waals surface area contributed by atoms with Gasteiger partial charge in [-0.3, -0.25) is 4.90 Å². The molecule has 1 aliphatic rings. The Morgan fingerprint density at radius 3 is 2.70 bits per heavy atom. The van der Waals surface area contributed by atoms with E-state index in [0.717, 1.165) is 31.4 Å². The smallest absolute Gasteiger partial charge is 0.144 e. The minimum Gasteiger partial charge on any atom is -0.377 e. The molecule has 4 nitrogen and oxygen atoms in total. The molecule has 0 amide bonds. The van der Waals surface area contributed by atoms with Gasteiger partial charge in [-0.25, -0.2) is 13.8 Å². The Morgan fingerprint density at radius 1 is 1.23 bits per heavy atom. The second-order valence-electron chi connectivity index (χ2n) is 7.83. The summed E-state index contributed by atoms with van der Waals surface area (Å²) < 4.78 is 29.6. The molecule has 0 saturated carbocycles. The van der Waals surface area contributed by atoms with Gasteiger partial charge in [0, 0.05) is 36.3 Å². The van der Waals surface area contributed by atoms with E-state index in [4.69, 9.17) is 0 Å². The lowest BCUT2D eigenvalue weighted by Crippen LogP contribution is -2.63. The molecule has 8 heteroatoms. The first kappa shape index (κ1) is 21.1. The molecule has 0 spiro atoms. The van der Waals surface area contributed by atoms with E-state index in [1.165, 1.54) is 23.0 Å². The Hall–Kier alpha value is -2.16. The number of anilines is 2. The lowest BCUT2D eigenvalue weighted by Gasteiger charge is -2.49. The molecule has 158 valence electrons. The third-order valence-electron chi connectivity index (χ3n) is 5.15. The highest BCUT2D eigenvalue weighted by atomic mass is 32.2. The molecule has 1 aromatic heterocycles. The molecule has 4 rings (SSSR count). The molecule has 0 aliphatic carbocycles. The maximum Gasteiger partial charge on any atom is 0.144 e.